The molecule has 1 saturated heterocycles. The van der Waals surface area contributed by atoms with Crippen LogP contribution in [-0.4, -0.2) is 64.7 Å². The number of carbonyl (C=O) groups excluding carboxylic acids is 1. The maximum Gasteiger partial charge on any atom is 0.326 e. The summed E-state index contributed by atoms with van der Waals surface area (Å²) in [7, 11) is 0. The molecule has 6 heteroatoms. The number of carbonyl (C=O) groups is 2. The van der Waals surface area contributed by atoms with Crippen LogP contribution >= 0.6 is 0 Å². The minimum Gasteiger partial charge on any atom is -0.480 e. The fourth-order valence-corrected chi connectivity index (χ4v) is 2.32. The van der Waals surface area contributed by atoms with Gasteiger partial charge >= 0.3 is 12.0 Å². The molecule has 1 aliphatic heterocycles. The number of carboxylic acids is 1. The molecule has 0 spiro atoms. The molecule has 0 aliphatic carbocycles. The van der Waals surface area contributed by atoms with Crippen LogP contribution in [-0.2, 0) is 4.79 Å². The quantitative estimate of drug-likeness (QED) is 0.818. The number of carboxylic acid groups (broad SMARTS) is 1. The fourth-order valence-electron chi connectivity index (χ4n) is 2.32. The van der Waals surface area contributed by atoms with Gasteiger partial charge in [0.25, 0.3) is 0 Å². The Balaban J connectivity index is 2.53. The van der Waals surface area contributed by atoms with Crippen molar-refractivity contribution in [2.75, 3.05) is 26.2 Å². The van der Waals surface area contributed by atoms with Gasteiger partial charge in [0.2, 0.25) is 0 Å². The van der Waals surface area contributed by atoms with Crippen molar-refractivity contribution in [3.63, 3.8) is 0 Å². The van der Waals surface area contributed by atoms with Gasteiger partial charge in [-0.25, -0.2) is 9.59 Å². The van der Waals surface area contributed by atoms with Crippen LogP contribution in [0.3, 0.4) is 0 Å². The number of nitrogens with one attached hydrogen (secondary N) is 1. The zero-order valence-corrected chi connectivity index (χ0v) is 13.1. The Labute approximate surface area is 121 Å². The normalized spacial score (nSPS) is 19.0. The zero-order chi connectivity index (χ0) is 15.5. The monoisotopic (exact) mass is 285 g/mol. The molecule has 0 aromatic heterocycles. The number of piperazine rings is 1. The van der Waals surface area contributed by atoms with E-state index in [2.05, 4.69) is 31.0 Å². The topological polar surface area (TPSA) is 72.9 Å². The SMILES string of the molecule is CC(C)[C@@H](NC(=O)N1CCN(C(C)(C)C)CC1)C(=O)O. The van der Waals surface area contributed by atoms with E-state index in [1.165, 1.54) is 0 Å². The average Bonchev–Trinajstić information content (AvgIpc) is 2.34. The van der Waals surface area contributed by atoms with Crippen molar-refractivity contribution in [2.24, 2.45) is 5.92 Å². The number of hydrogen-bond acceptors (Lipinski definition) is 3. The zero-order valence-electron chi connectivity index (χ0n) is 13.1. The summed E-state index contributed by atoms with van der Waals surface area (Å²) in [5.74, 6) is -1.12. The third-order valence-electron chi connectivity index (χ3n) is 3.73. The van der Waals surface area contributed by atoms with Gasteiger partial charge in [-0.1, -0.05) is 13.8 Å². The molecule has 1 rings (SSSR count). The third-order valence-corrected chi connectivity index (χ3v) is 3.73. The van der Waals surface area contributed by atoms with Crippen LogP contribution in [0, 0.1) is 5.92 Å². The Morgan fingerprint density at radius 3 is 1.95 bits per heavy atom. The second kappa shape index (κ2) is 6.43. The standard InChI is InChI=1S/C14H27N3O3/c1-10(2)11(12(18)19)15-13(20)16-6-8-17(9-7-16)14(3,4)5/h10-11H,6-9H2,1-5H3,(H,15,20)(H,18,19)/t11-/m1/s1. The average molecular weight is 285 g/mol. The van der Waals surface area contributed by atoms with Crippen LogP contribution < -0.4 is 5.32 Å². The van der Waals surface area contributed by atoms with Crippen LogP contribution in [0.2, 0.25) is 0 Å². The molecule has 1 fully saturated rings. The molecule has 20 heavy (non-hydrogen) atoms. The van der Waals surface area contributed by atoms with Gasteiger partial charge < -0.3 is 15.3 Å². The molecule has 0 aromatic rings. The van der Waals surface area contributed by atoms with Crippen molar-refractivity contribution in [3.8, 4) is 0 Å². The summed E-state index contributed by atoms with van der Waals surface area (Å²) in [6.07, 6.45) is 0. The van der Waals surface area contributed by atoms with Crippen LogP contribution in [0.4, 0.5) is 4.79 Å². The molecule has 1 aliphatic rings. The second-order valence-corrected chi connectivity index (χ2v) is 6.65. The first-order chi connectivity index (χ1) is 9.12. The van der Waals surface area contributed by atoms with E-state index >= 15 is 0 Å². The van der Waals surface area contributed by atoms with E-state index in [4.69, 9.17) is 5.11 Å². The molecule has 0 aromatic carbocycles. The van der Waals surface area contributed by atoms with Gasteiger partial charge in [-0.2, -0.15) is 0 Å². The Morgan fingerprint density at radius 2 is 1.60 bits per heavy atom. The summed E-state index contributed by atoms with van der Waals surface area (Å²) in [5.41, 5.74) is 0.101. The van der Waals surface area contributed by atoms with Crippen molar-refractivity contribution < 1.29 is 14.7 Å². The molecule has 1 heterocycles. The lowest BCUT2D eigenvalue weighted by molar-refractivity contribution is -0.140. The highest BCUT2D eigenvalue weighted by Crippen LogP contribution is 2.16. The summed E-state index contributed by atoms with van der Waals surface area (Å²) >= 11 is 0. The molecular weight excluding hydrogens is 258 g/mol. The molecule has 116 valence electrons. The minimum absolute atomic E-state index is 0.101. The lowest BCUT2D eigenvalue weighted by Gasteiger charge is -2.42. The summed E-state index contributed by atoms with van der Waals surface area (Å²) < 4.78 is 0. The van der Waals surface area contributed by atoms with E-state index in [-0.39, 0.29) is 17.5 Å². The number of urea groups is 1. The van der Waals surface area contributed by atoms with Gasteiger partial charge in [0.1, 0.15) is 6.04 Å². The van der Waals surface area contributed by atoms with Crippen LogP contribution in [0.5, 0.6) is 0 Å². The Bertz CT molecular complexity index is 355. The van der Waals surface area contributed by atoms with E-state index in [9.17, 15) is 9.59 Å². The number of aliphatic carboxylic acids is 1. The van der Waals surface area contributed by atoms with Gasteiger partial charge in [0.15, 0.2) is 0 Å². The highest BCUT2D eigenvalue weighted by Gasteiger charge is 2.30. The lowest BCUT2D eigenvalue weighted by Crippen LogP contribution is -2.58. The summed E-state index contributed by atoms with van der Waals surface area (Å²) in [4.78, 5) is 27.2. The maximum atomic E-state index is 12.1. The van der Waals surface area contributed by atoms with E-state index in [0.29, 0.717) is 13.1 Å². The molecular formula is C14H27N3O3. The van der Waals surface area contributed by atoms with Gasteiger partial charge in [-0.15, -0.1) is 0 Å². The summed E-state index contributed by atoms with van der Waals surface area (Å²) in [5, 5.41) is 11.7. The van der Waals surface area contributed by atoms with Gasteiger partial charge in [0, 0.05) is 31.7 Å². The van der Waals surface area contributed by atoms with Gasteiger partial charge in [-0.3, -0.25) is 4.90 Å². The number of hydrogen-bond donors (Lipinski definition) is 2. The Kier molecular flexibility index (Phi) is 5.39. The molecule has 6 nitrogen and oxygen atoms in total. The lowest BCUT2D eigenvalue weighted by atomic mass is 10.0. The molecule has 2 N–H and O–H groups in total. The number of nitrogens with zero attached hydrogens (tertiary/aromatic N) is 2. The minimum atomic E-state index is -0.985. The fraction of sp³-hybridized carbons (Fsp3) is 0.857. The van der Waals surface area contributed by atoms with Crippen molar-refractivity contribution in [3.05, 3.63) is 0 Å². The summed E-state index contributed by atoms with van der Waals surface area (Å²) in [6.45, 7) is 12.9. The smallest absolute Gasteiger partial charge is 0.326 e. The van der Waals surface area contributed by atoms with Gasteiger partial charge in [0.05, 0.1) is 0 Å². The first-order valence-corrected chi connectivity index (χ1v) is 7.16. The molecule has 0 saturated carbocycles. The van der Waals surface area contributed by atoms with Crippen LogP contribution in [0.15, 0.2) is 0 Å². The van der Waals surface area contributed by atoms with Gasteiger partial charge in [-0.05, 0) is 26.7 Å². The van der Waals surface area contributed by atoms with E-state index < -0.39 is 12.0 Å². The number of rotatable bonds is 3. The van der Waals surface area contributed by atoms with Crippen molar-refractivity contribution >= 4 is 12.0 Å². The predicted octanol–water partition coefficient (Wildman–Crippen LogP) is 1.22. The van der Waals surface area contributed by atoms with Crippen molar-refractivity contribution in [2.45, 2.75) is 46.2 Å². The summed E-state index contributed by atoms with van der Waals surface area (Å²) in [6, 6.07) is -1.11. The first kappa shape index (κ1) is 16.8. The Hall–Kier alpha value is -1.30. The third kappa shape index (κ3) is 4.37. The molecule has 0 unspecified atom stereocenters. The molecule has 1 atom stereocenters. The maximum absolute atomic E-state index is 12.1. The van der Waals surface area contributed by atoms with Crippen molar-refractivity contribution in [1.29, 1.82) is 0 Å². The van der Waals surface area contributed by atoms with Crippen molar-refractivity contribution in [1.82, 2.24) is 15.1 Å². The molecule has 0 bridgehead atoms. The van der Waals surface area contributed by atoms with E-state index in [0.717, 1.165) is 13.1 Å². The highest BCUT2D eigenvalue weighted by atomic mass is 16.4. The largest absolute Gasteiger partial charge is 0.480 e. The molecule has 0 radical (unpaired) electrons. The number of amides is 2. The predicted molar refractivity (Wildman–Crippen MR) is 77.7 cm³/mol. The van der Waals surface area contributed by atoms with Crippen LogP contribution in [0.25, 0.3) is 0 Å². The molecule has 2 amide bonds. The Morgan fingerprint density at radius 1 is 1.10 bits per heavy atom. The highest BCUT2D eigenvalue weighted by molar-refractivity contribution is 5.82. The van der Waals surface area contributed by atoms with Crippen LogP contribution in [0.1, 0.15) is 34.6 Å². The van der Waals surface area contributed by atoms with E-state index in [1.54, 1.807) is 18.7 Å². The first-order valence-electron chi connectivity index (χ1n) is 7.16. The second-order valence-electron chi connectivity index (χ2n) is 6.65. The van der Waals surface area contributed by atoms with E-state index in [1.807, 2.05) is 0 Å².